The summed E-state index contributed by atoms with van der Waals surface area (Å²) in [7, 11) is 1.50. The highest BCUT2D eigenvalue weighted by Crippen LogP contribution is 2.74. The molecule has 0 amide bonds. The van der Waals surface area contributed by atoms with E-state index in [0.29, 0.717) is 30.1 Å². The quantitative estimate of drug-likeness (QED) is 0.289. The predicted molar refractivity (Wildman–Crippen MR) is 141 cm³/mol. The number of allylic oxidation sites excluding steroid dienone is 3. The van der Waals surface area contributed by atoms with Gasteiger partial charge in [0, 0.05) is 6.42 Å². The van der Waals surface area contributed by atoms with Crippen LogP contribution in [0.25, 0.3) is 0 Å². The van der Waals surface area contributed by atoms with Gasteiger partial charge in [-0.25, -0.2) is 0 Å². The van der Waals surface area contributed by atoms with E-state index in [1.807, 2.05) is 0 Å². The first kappa shape index (κ1) is 27.5. The van der Waals surface area contributed by atoms with Crippen LogP contribution in [0, 0.1) is 39.9 Å². The van der Waals surface area contributed by atoms with E-state index in [9.17, 15) is 9.90 Å². The van der Waals surface area contributed by atoms with Gasteiger partial charge in [-0.15, -0.1) is 0 Å². The Morgan fingerprint density at radius 1 is 1.09 bits per heavy atom. The Morgan fingerprint density at radius 3 is 2.32 bits per heavy atom. The van der Waals surface area contributed by atoms with E-state index in [1.165, 1.54) is 43.9 Å². The van der Waals surface area contributed by atoms with Crippen molar-refractivity contribution in [1.29, 1.82) is 0 Å². The van der Waals surface area contributed by atoms with Crippen LogP contribution in [0.3, 0.4) is 0 Å². The molecule has 0 heterocycles. The highest BCUT2D eigenvalue weighted by molar-refractivity contribution is 5.69. The lowest BCUT2D eigenvalue weighted by atomic mass is 9.38. The van der Waals surface area contributed by atoms with Crippen molar-refractivity contribution in [2.45, 2.75) is 118 Å². The number of aliphatic hydroxyl groups is 1. The van der Waals surface area contributed by atoms with Gasteiger partial charge in [-0.3, -0.25) is 4.79 Å². The third kappa shape index (κ3) is 4.56. The number of hydrogen-bond donors (Lipinski definition) is 1. The Hall–Kier alpha value is -1.09. The second kappa shape index (κ2) is 9.75. The highest BCUT2D eigenvalue weighted by atomic mass is 16.5. The van der Waals surface area contributed by atoms with Crippen molar-refractivity contribution < 1.29 is 14.6 Å². The molecule has 0 radical (unpaired) electrons. The van der Waals surface area contributed by atoms with E-state index in [0.717, 1.165) is 32.1 Å². The van der Waals surface area contributed by atoms with Crippen LogP contribution in [-0.4, -0.2) is 23.8 Å². The number of rotatable bonds is 8. The van der Waals surface area contributed by atoms with Crippen LogP contribution in [0.15, 0.2) is 23.8 Å². The molecular weight excluding hydrogens is 420 g/mol. The summed E-state index contributed by atoms with van der Waals surface area (Å²) in [6.45, 7) is 20.5. The molecule has 8 atom stereocenters. The van der Waals surface area contributed by atoms with E-state index in [1.54, 1.807) is 0 Å². The maximum absolute atomic E-state index is 12.2. The van der Waals surface area contributed by atoms with Crippen molar-refractivity contribution in [2.75, 3.05) is 7.11 Å². The second-order valence-corrected chi connectivity index (χ2v) is 13.4. The summed E-state index contributed by atoms with van der Waals surface area (Å²) >= 11 is 0. The van der Waals surface area contributed by atoms with Crippen molar-refractivity contribution in [3.63, 3.8) is 0 Å². The first-order valence-electron chi connectivity index (χ1n) is 13.8. The molecule has 0 unspecified atom stereocenters. The van der Waals surface area contributed by atoms with Crippen LogP contribution in [0.1, 0.15) is 113 Å². The largest absolute Gasteiger partial charge is 0.469 e. The zero-order chi connectivity index (χ0) is 25.5. The minimum Gasteiger partial charge on any atom is -0.469 e. The lowest BCUT2D eigenvalue weighted by Crippen LogP contribution is -2.60. The molecule has 3 fully saturated rings. The molecule has 3 aliphatic carbocycles. The average Bonchev–Trinajstić information content (AvgIpc) is 3.11. The number of esters is 1. The van der Waals surface area contributed by atoms with Crippen molar-refractivity contribution in [3.8, 4) is 0 Å². The van der Waals surface area contributed by atoms with Crippen LogP contribution in [-0.2, 0) is 9.53 Å². The van der Waals surface area contributed by atoms with Gasteiger partial charge >= 0.3 is 5.97 Å². The Kier molecular flexibility index (Phi) is 7.89. The minimum atomic E-state index is -0.610. The maximum atomic E-state index is 12.2. The fourth-order valence-electron chi connectivity index (χ4n) is 9.33. The molecule has 0 aromatic rings. The van der Waals surface area contributed by atoms with Crippen LogP contribution >= 0.6 is 0 Å². The molecule has 3 rings (SSSR count). The zero-order valence-corrected chi connectivity index (χ0v) is 23.4. The van der Waals surface area contributed by atoms with E-state index < -0.39 is 5.60 Å². The van der Waals surface area contributed by atoms with Crippen molar-refractivity contribution >= 4 is 5.97 Å². The van der Waals surface area contributed by atoms with Crippen molar-refractivity contribution in [1.82, 2.24) is 0 Å². The molecule has 194 valence electrons. The number of methoxy groups -OCH3 is 1. The molecule has 3 saturated carbocycles. The smallest absolute Gasteiger partial charge is 0.305 e. The Balaban J connectivity index is 1.91. The Bertz CT molecular complexity index is 805. The predicted octanol–water partition coefficient (Wildman–Crippen LogP) is 7.88. The molecule has 34 heavy (non-hydrogen) atoms. The van der Waals surface area contributed by atoms with Crippen LogP contribution in [0.5, 0.6) is 0 Å². The second-order valence-electron chi connectivity index (χ2n) is 13.4. The highest BCUT2D eigenvalue weighted by Gasteiger charge is 2.67. The molecule has 0 spiro atoms. The minimum absolute atomic E-state index is 0.0606. The molecule has 0 bridgehead atoms. The summed E-state index contributed by atoms with van der Waals surface area (Å²) in [5.74, 6) is 1.88. The summed E-state index contributed by atoms with van der Waals surface area (Å²) in [6, 6.07) is 0. The van der Waals surface area contributed by atoms with Gasteiger partial charge in [-0.2, -0.15) is 0 Å². The van der Waals surface area contributed by atoms with Crippen molar-refractivity contribution in [3.05, 3.63) is 23.8 Å². The number of carbonyl (C=O) groups excluding carboxylic acids is 1. The zero-order valence-electron chi connectivity index (χ0n) is 23.4. The molecule has 3 aliphatic rings. The third-order valence-corrected chi connectivity index (χ3v) is 11.4. The van der Waals surface area contributed by atoms with Gasteiger partial charge in [0.15, 0.2) is 0 Å². The van der Waals surface area contributed by atoms with Gasteiger partial charge in [-0.1, -0.05) is 44.6 Å². The molecule has 0 aliphatic heterocycles. The summed E-state index contributed by atoms with van der Waals surface area (Å²) in [6.07, 6.45) is 12.6. The molecule has 0 saturated heterocycles. The van der Waals surface area contributed by atoms with Crippen LogP contribution < -0.4 is 0 Å². The summed E-state index contributed by atoms with van der Waals surface area (Å²) in [5, 5.41) is 11.7. The summed E-state index contributed by atoms with van der Waals surface area (Å²) in [5.41, 5.74) is 2.51. The van der Waals surface area contributed by atoms with Crippen molar-refractivity contribution in [2.24, 2.45) is 39.9 Å². The average molecular weight is 473 g/mol. The summed E-state index contributed by atoms with van der Waals surface area (Å²) in [4.78, 5) is 12.2. The lowest BCUT2D eigenvalue weighted by Gasteiger charge is -2.66. The Morgan fingerprint density at radius 2 is 1.74 bits per heavy atom. The normalized spacial score (nSPS) is 41.1. The number of carbonyl (C=O) groups is 1. The lowest BCUT2D eigenvalue weighted by molar-refractivity contribution is -0.179. The first-order chi connectivity index (χ1) is 15.7. The molecule has 0 aromatic carbocycles. The fourth-order valence-corrected chi connectivity index (χ4v) is 9.33. The SMILES string of the molecule is C=C(C)[C@@H]1CC[C@]2(C)[C@@H](CC[C@@H]3[C@@H]([C@@](C)(O)CCC=C(C)C)CC[C@]32C)[C@@]1(C)CCC(=O)OC. The number of hydrogen-bond acceptors (Lipinski definition) is 3. The van der Waals surface area contributed by atoms with Crippen LogP contribution in [0.2, 0.25) is 0 Å². The van der Waals surface area contributed by atoms with Gasteiger partial charge in [0.05, 0.1) is 12.7 Å². The van der Waals surface area contributed by atoms with E-state index in [-0.39, 0.29) is 22.2 Å². The molecule has 1 N–H and O–H groups in total. The number of ether oxygens (including phenoxy) is 1. The molecular formula is C31H52O3. The topological polar surface area (TPSA) is 46.5 Å². The molecule has 0 aromatic heterocycles. The van der Waals surface area contributed by atoms with E-state index >= 15 is 0 Å². The Labute approximate surface area is 209 Å². The van der Waals surface area contributed by atoms with Gasteiger partial charge in [0.2, 0.25) is 0 Å². The molecule has 3 heteroatoms. The first-order valence-corrected chi connectivity index (χ1v) is 13.8. The summed E-state index contributed by atoms with van der Waals surface area (Å²) < 4.78 is 5.04. The third-order valence-electron chi connectivity index (χ3n) is 11.4. The van der Waals surface area contributed by atoms with Crippen LogP contribution in [0.4, 0.5) is 0 Å². The van der Waals surface area contributed by atoms with Gasteiger partial charge < -0.3 is 9.84 Å². The van der Waals surface area contributed by atoms with Gasteiger partial charge in [-0.05, 0) is 125 Å². The van der Waals surface area contributed by atoms with Gasteiger partial charge in [0.1, 0.15) is 0 Å². The molecule has 3 nitrogen and oxygen atoms in total. The standard InChI is InChI=1S/C31H52O3/c1-21(2)11-10-17-31(8,33)25-15-19-29(6)24(25)12-13-26-28(5,18-16-27(32)34-9)23(22(3)4)14-20-30(26,29)7/h11,23-26,33H,3,10,12-20H2,1-2,4-9H3/t23-,24+,25-,26-,28-,29+,30+,31-/m0/s1. The monoisotopic (exact) mass is 472 g/mol. The van der Waals surface area contributed by atoms with E-state index in [4.69, 9.17) is 4.74 Å². The van der Waals surface area contributed by atoms with E-state index in [2.05, 4.69) is 61.1 Å². The fraction of sp³-hybridized carbons (Fsp3) is 0.839. The maximum Gasteiger partial charge on any atom is 0.305 e. The number of fused-ring (bicyclic) bond motifs is 3. The van der Waals surface area contributed by atoms with Gasteiger partial charge in [0.25, 0.3) is 0 Å².